The van der Waals surface area contributed by atoms with E-state index in [0.29, 0.717) is 5.58 Å². The number of aryl methyl sites for hydroxylation is 1. The lowest BCUT2D eigenvalue weighted by molar-refractivity contribution is 0.253. The second-order valence-electron chi connectivity index (χ2n) is 4.30. The van der Waals surface area contributed by atoms with Gasteiger partial charge in [0.2, 0.25) is 0 Å². The van der Waals surface area contributed by atoms with Crippen molar-refractivity contribution in [1.82, 2.24) is 0 Å². The Hall–Kier alpha value is -1.77. The van der Waals surface area contributed by atoms with Crippen LogP contribution in [-0.2, 0) is 6.42 Å². The Labute approximate surface area is 92.6 Å². The Morgan fingerprint density at radius 2 is 2.19 bits per heavy atom. The van der Waals surface area contributed by atoms with Crippen LogP contribution in [0.2, 0.25) is 0 Å². The molecule has 1 aliphatic heterocycles. The Morgan fingerprint density at radius 1 is 1.38 bits per heavy atom. The average Bonchev–Trinajstić information content (AvgIpc) is 2.61. The van der Waals surface area contributed by atoms with E-state index in [-0.39, 0.29) is 11.7 Å². The summed E-state index contributed by atoms with van der Waals surface area (Å²) in [6, 6.07) is 5.30. The fraction of sp³-hybridized carbons (Fsp3) is 0.308. The van der Waals surface area contributed by atoms with E-state index in [1.54, 1.807) is 6.07 Å². The second-order valence-corrected chi connectivity index (χ2v) is 4.30. The van der Waals surface area contributed by atoms with Crippen molar-refractivity contribution in [1.29, 1.82) is 0 Å². The van der Waals surface area contributed by atoms with Crippen molar-refractivity contribution in [2.45, 2.75) is 26.4 Å². The molecule has 1 unspecified atom stereocenters. The largest absolute Gasteiger partial charge is 0.490 e. The molecule has 0 fully saturated rings. The molecular weight excluding hydrogens is 204 g/mol. The number of benzene rings is 1. The van der Waals surface area contributed by atoms with E-state index in [9.17, 15) is 4.79 Å². The number of hydrogen-bond donors (Lipinski definition) is 0. The molecule has 3 heteroatoms. The van der Waals surface area contributed by atoms with Crippen LogP contribution in [0.15, 0.2) is 27.4 Å². The smallest absolute Gasteiger partial charge is 0.336 e. The highest BCUT2D eigenvalue weighted by atomic mass is 16.5. The average molecular weight is 216 g/mol. The lowest BCUT2D eigenvalue weighted by atomic mass is 10.0. The summed E-state index contributed by atoms with van der Waals surface area (Å²) in [5.41, 5.74) is 2.45. The van der Waals surface area contributed by atoms with Crippen LogP contribution in [0.25, 0.3) is 11.0 Å². The lowest BCUT2D eigenvalue weighted by Gasteiger charge is -2.07. The quantitative estimate of drug-likeness (QED) is 0.635. The lowest BCUT2D eigenvalue weighted by Crippen LogP contribution is -2.05. The molecule has 1 aromatic heterocycles. The SMILES string of the molecule is Cc1c2c(cc3ccc(=O)oc13)CC(C)O2. The molecule has 1 atom stereocenters. The topological polar surface area (TPSA) is 39.4 Å². The van der Waals surface area contributed by atoms with Gasteiger partial charge >= 0.3 is 5.63 Å². The van der Waals surface area contributed by atoms with Gasteiger partial charge in [-0.05, 0) is 31.5 Å². The molecule has 0 N–H and O–H groups in total. The monoisotopic (exact) mass is 216 g/mol. The van der Waals surface area contributed by atoms with Gasteiger partial charge < -0.3 is 9.15 Å². The predicted octanol–water partition coefficient (Wildman–Crippen LogP) is 2.42. The first-order chi connectivity index (χ1) is 7.65. The van der Waals surface area contributed by atoms with Crippen molar-refractivity contribution in [3.8, 4) is 5.75 Å². The summed E-state index contributed by atoms with van der Waals surface area (Å²) in [7, 11) is 0. The first kappa shape index (κ1) is 9.46. The zero-order chi connectivity index (χ0) is 11.3. The van der Waals surface area contributed by atoms with Crippen molar-refractivity contribution in [2.24, 2.45) is 0 Å². The van der Waals surface area contributed by atoms with E-state index in [1.807, 2.05) is 19.9 Å². The van der Waals surface area contributed by atoms with Crippen molar-refractivity contribution >= 4 is 11.0 Å². The van der Waals surface area contributed by atoms with Gasteiger partial charge in [-0.1, -0.05) is 0 Å². The Morgan fingerprint density at radius 3 is 3.00 bits per heavy atom. The molecule has 2 heterocycles. The predicted molar refractivity (Wildman–Crippen MR) is 61.0 cm³/mol. The van der Waals surface area contributed by atoms with Crippen molar-refractivity contribution < 1.29 is 9.15 Å². The van der Waals surface area contributed by atoms with Crippen LogP contribution in [0.1, 0.15) is 18.1 Å². The molecule has 0 spiro atoms. The van der Waals surface area contributed by atoms with E-state index < -0.39 is 0 Å². The van der Waals surface area contributed by atoms with Crippen LogP contribution in [0.3, 0.4) is 0 Å². The minimum absolute atomic E-state index is 0.206. The maximum atomic E-state index is 11.2. The number of ether oxygens (including phenoxy) is 1. The van der Waals surface area contributed by atoms with Gasteiger partial charge in [0.05, 0.1) is 0 Å². The van der Waals surface area contributed by atoms with Crippen molar-refractivity contribution in [3.63, 3.8) is 0 Å². The summed E-state index contributed by atoms with van der Waals surface area (Å²) in [5, 5.41) is 0.966. The molecule has 0 aliphatic carbocycles. The summed E-state index contributed by atoms with van der Waals surface area (Å²) in [6.45, 7) is 3.97. The highest BCUT2D eigenvalue weighted by Crippen LogP contribution is 2.36. The molecular formula is C13H12O3. The highest BCUT2D eigenvalue weighted by molar-refractivity contribution is 5.83. The van der Waals surface area contributed by atoms with Gasteiger partial charge in [-0.3, -0.25) is 0 Å². The van der Waals surface area contributed by atoms with Crippen molar-refractivity contribution in [3.05, 3.63) is 39.7 Å². The maximum absolute atomic E-state index is 11.2. The van der Waals surface area contributed by atoms with E-state index in [4.69, 9.17) is 9.15 Å². The van der Waals surface area contributed by atoms with Crippen LogP contribution in [-0.4, -0.2) is 6.10 Å². The molecule has 0 radical (unpaired) electrons. The Kier molecular flexibility index (Phi) is 1.84. The fourth-order valence-electron chi connectivity index (χ4n) is 2.30. The summed E-state index contributed by atoms with van der Waals surface area (Å²) in [4.78, 5) is 11.2. The Bertz CT molecular complexity index is 625. The van der Waals surface area contributed by atoms with Gasteiger partial charge in [-0.25, -0.2) is 4.79 Å². The summed E-state index contributed by atoms with van der Waals surface area (Å²) >= 11 is 0. The first-order valence-corrected chi connectivity index (χ1v) is 5.38. The van der Waals surface area contributed by atoms with Gasteiger partial charge in [-0.2, -0.15) is 0 Å². The molecule has 0 amide bonds. The van der Waals surface area contributed by atoms with E-state index in [1.165, 1.54) is 11.6 Å². The van der Waals surface area contributed by atoms with Gasteiger partial charge in [0, 0.05) is 23.4 Å². The summed E-state index contributed by atoms with van der Waals surface area (Å²) in [5.74, 6) is 0.884. The van der Waals surface area contributed by atoms with Crippen molar-refractivity contribution in [2.75, 3.05) is 0 Å². The van der Waals surface area contributed by atoms with Crippen LogP contribution in [0.5, 0.6) is 5.75 Å². The molecule has 0 saturated carbocycles. The molecule has 1 aromatic carbocycles. The molecule has 3 nitrogen and oxygen atoms in total. The Balaban J connectivity index is 2.38. The molecule has 82 valence electrons. The fourth-order valence-corrected chi connectivity index (χ4v) is 2.30. The molecule has 1 aliphatic rings. The molecule has 16 heavy (non-hydrogen) atoms. The normalized spacial score (nSPS) is 18.5. The second kappa shape index (κ2) is 3.11. The van der Waals surface area contributed by atoms with Gasteiger partial charge in [0.1, 0.15) is 17.4 Å². The number of fused-ring (bicyclic) bond motifs is 2. The van der Waals surface area contributed by atoms with Crippen LogP contribution >= 0.6 is 0 Å². The zero-order valence-corrected chi connectivity index (χ0v) is 9.24. The van der Waals surface area contributed by atoms with E-state index in [0.717, 1.165) is 23.1 Å². The van der Waals surface area contributed by atoms with E-state index in [2.05, 4.69) is 0 Å². The van der Waals surface area contributed by atoms with Crippen LogP contribution < -0.4 is 10.4 Å². The molecule has 0 saturated heterocycles. The van der Waals surface area contributed by atoms with Gasteiger partial charge in [0.25, 0.3) is 0 Å². The van der Waals surface area contributed by atoms with Gasteiger partial charge in [-0.15, -0.1) is 0 Å². The molecule has 0 bridgehead atoms. The maximum Gasteiger partial charge on any atom is 0.336 e. The van der Waals surface area contributed by atoms with Gasteiger partial charge in [0.15, 0.2) is 0 Å². The van der Waals surface area contributed by atoms with Crippen LogP contribution in [0, 0.1) is 6.92 Å². The molecule has 2 aromatic rings. The third-order valence-electron chi connectivity index (χ3n) is 2.99. The summed E-state index contributed by atoms with van der Waals surface area (Å²) in [6.07, 6.45) is 1.13. The third kappa shape index (κ3) is 1.24. The minimum Gasteiger partial charge on any atom is -0.490 e. The van der Waals surface area contributed by atoms with Crippen LogP contribution in [0.4, 0.5) is 0 Å². The standard InChI is InChI=1S/C13H12O3/c1-7-5-10-6-9-3-4-11(14)16-12(9)8(2)13(10)15-7/h3-4,6-7H,5H2,1-2H3. The first-order valence-electron chi connectivity index (χ1n) is 5.38. The zero-order valence-electron chi connectivity index (χ0n) is 9.24. The third-order valence-corrected chi connectivity index (χ3v) is 2.99. The number of hydrogen-bond acceptors (Lipinski definition) is 3. The number of rotatable bonds is 0. The molecule has 3 rings (SSSR count). The van der Waals surface area contributed by atoms with E-state index >= 15 is 0 Å². The summed E-state index contributed by atoms with van der Waals surface area (Å²) < 4.78 is 10.9. The highest BCUT2D eigenvalue weighted by Gasteiger charge is 2.23. The minimum atomic E-state index is -0.318.